The molecule has 2 rings (SSSR count). The fourth-order valence-electron chi connectivity index (χ4n) is 3.14. The molecule has 0 radical (unpaired) electrons. The Balaban J connectivity index is 1.64. The number of likely N-dealkylation sites (N-methyl/N-ethyl adjacent to an activating group) is 1. The van der Waals surface area contributed by atoms with Crippen molar-refractivity contribution in [1.82, 2.24) is 20.4 Å². The summed E-state index contributed by atoms with van der Waals surface area (Å²) < 4.78 is 10.6. The second-order valence-electron chi connectivity index (χ2n) is 6.89. The van der Waals surface area contributed by atoms with Gasteiger partial charge in [-0.15, -0.1) is 0 Å². The number of nitrogens with zero attached hydrogens (tertiary/aromatic N) is 3. The van der Waals surface area contributed by atoms with Crippen LogP contribution in [0.1, 0.15) is 18.4 Å². The summed E-state index contributed by atoms with van der Waals surface area (Å²) in [4.78, 5) is 9.25. The Labute approximate surface area is 163 Å². The van der Waals surface area contributed by atoms with Crippen molar-refractivity contribution in [2.75, 3.05) is 67.6 Å². The van der Waals surface area contributed by atoms with Crippen molar-refractivity contribution in [1.29, 1.82) is 0 Å². The van der Waals surface area contributed by atoms with E-state index in [2.05, 4.69) is 32.5 Å². The monoisotopic (exact) mass is 377 g/mol. The quantitative estimate of drug-likeness (QED) is 0.385. The fourth-order valence-corrected chi connectivity index (χ4v) is 3.14. The molecule has 1 aromatic carbocycles. The number of aliphatic imine (C=N–C) groups is 1. The van der Waals surface area contributed by atoms with Crippen LogP contribution in [-0.4, -0.2) is 83.3 Å². The number of methoxy groups -OCH3 is 2. The number of unbranched alkanes of at least 4 members (excludes halogenated alkanes) is 1. The Morgan fingerprint density at radius 3 is 2.44 bits per heavy atom. The third-order valence-electron chi connectivity index (χ3n) is 4.92. The number of hydrogen-bond acceptors (Lipinski definition) is 5. The van der Waals surface area contributed by atoms with Crippen molar-refractivity contribution in [2.24, 2.45) is 4.99 Å². The molecule has 2 N–H and O–H groups in total. The van der Waals surface area contributed by atoms with E-state index < -0.39 is 0 Å². The molecule has 0 spiro atoms. The molecule has 0 atom stereocenters. The first-order chi connectivity index (χ1) is 13.2. The molecule has 1 heterocycles. The lowest BCUT2D eigenvalue weighted by atomic mass is 10.2. The normalized spacial score (nSPS) is 16.2. The zero-order valence-corrected chi connectivity index (χ0v) is 17.3. The van der Waals surface area contributed by atoms with Gasteiger partial charge in [0.05, 0.1) is 14.2 Å². The van der Waals surface area contributed by atoms with E-state index in [0.717, 1.165) is 36.0 Å². The number of ether oxygens (including phenoxy) is 2. The molecule has 1 aromatic rings. The highest BCUT2D eigenvalue weighted by atomic mass is 16.5. The molecule has 0 amide bonds. The standard InChI is InChI=1S/C20H35N5O2/c1-21-20(22-9-5-6-10-25-13-11-24(2)12-14-25)23-16-17-7-8-18(26-3)19(15-17)27-4/h7-8,15H,5-6,9-14,16H2,1-4H3,(H2,21,22,23). The molecule has 152 valence electrons. The van der Waals surface area contributed by atoms with Gasteiger partial charge < -0.3 is 29.9 Å². The highest BCUT2D eigenvalue weighted by molar-refractivity contribution is 5.79. The van der Waals surface area contributed by atoms with Gasteiger partial charge in [0.25, 0.3) is 0 Å². The van der Waals surface area contributed by atoms with Crippen LogP contribution in [0.4, 0.5) is 0 Å². The molecule has 0 aromatic heterocycles. The molecular formula is C20H35N5O2. The van der Waals surface area contributed by atoms with Gasteiger partial charge in [0.2, 0.25) is 0 Å². The molecule has 0 bridgehead atoms. The maximum absolute atomic E-state index is 5.35. The molecule has 0 unspecified atom stereocenters. The molecular weight excluding hydrogens is 342 g/mol. The van der Waals surface area contributed by atoms with Crippen molar-refractivity contribution in [3.8, 4) is 11.5 Å². The van der Waals surface area contributed by atoms with E-state index in [1.807, 2.05) is 18.2 Å². The predicted octanol–water partition coefficient (Wildman–Crippen LogP) is 1.40. The van der Waals surface area contributed by atoms with Crippen molar-refractivity contribution < 1.29 is 9.47 Å². The van der Waals surface area contributed by atoms with E-state index in [0.29, 0.717) is 6.54 Å². The third-order valence-corrected chi connectivity index (χ3v) is 4.92. The first-order valence-electron chi connectivity index (χ1n) is 9.72. The Morgan fingerprint density at radius 1 is 1.04 bits per heavy atom. The summed E-state index contributed by atoms with van der Waals surface area (Å²) in [6.07, 6.45) is 2.35. The second kappa shape index (κ2) is 11.7. The summed E-state index contributed by atoms with van der Waals surface area (Å²) in [6, 6.07) is 5.93. The predicted molar refractivity (Wildman–Crippen MR) is 111 cm³/mol. The Hall–Kier alpha value is -1.99. The Morgan fingerprint density at radius 2 is 1.78 bits per heavy atom. The van der Waals surface area contributed by atoms with Crippen LogP contribution >= 0.6 is 0 Å². The summed E-state index contributed by atoms with van der Waals surface area (Å²) in [5.74, 6) is 2.30. The fraction of sp³-hybridized carbons (Fsp3) is 0.650. The lowest BCUT2D eigenvalue weighted by Gasteiger charge is -2.32. The van der Waals surface area contributed by atoms with Crippen LogP contribution < -0.4 is 20.1 Å². The number of guanidine groups is 1. The van der Waals surface area contributed by atoms with Gasteiger partial charge in [0.15, 0.2) is 17.5 Å². The summed E-state index contributed by atoms with van der Waals surface area (Å²) in [5, 5.41) is 6.74. The van der Waals surface area contributed by atoms with Gasteiger partial charge in [0, 0.05) is 46.3 Å². The van der Waals surface area contributed by atoms with Crippen LogP contribution in [0.3, 0.4) is 0 Å². The van der Waals surface area contributed by atoms with Crippen LogP contribution in [0.25, 0.3) is 0 Å². The first-order valence-corrected chi connectivity index (χ1v) is 9.72. The van der Waals surface area contributed by atoms with Gasteiger partial charge in [-0.3, -0.25) is 4.99 Å². The van der Waals surface area contributed by atoms with Crippen LogP contribution in [0, 0.1) is 0 Å². The molecule has 7 nitrogen and oxygen atoms in total. The zero-order chi connectivity index (χ0) is 19.5. The molecule has 1 fully saturated rings. The van der Waals surface area contributed by atoms with Gasteiger partial charge in [-0.05, 0) is 44.1 Å². The highest BCUT2D eigenvalue weighted by Gasteiger charge is 2.12. The first kappa shape index (κ1) is 21.3. The Bertz CT molecular complexity index is 586. The number of piperazine rings is 1. The van der Waals surface area contributed by atoms with E-state index in [-0.39, 0.29) is 0 Å². The van der Waals surface area contributed by atoms with Crippen LogP contribution in [0.2, 0.25) is 0 Å². The minimum absolute atomic E-state index is 0.682. The molecule has 1 saturated heterocycles. The van der Waals surface area contributed by atoms with Crippen molar-refractivity contribution in [3.05, 3.63) is 23.8 Å². The minimum atomic E-state index is 0.682. The average Bonchev–Trinajstić information content (AvgIpc) is 2.71. The van der Waals surface area contributed by atoms with Gasteiger partial charge in [-0.1, -0.05) is 6.07 Å². The van der Waals surface area contributed by atoms with Gasteiger partial charge in [0.1, 0.15) is 0 Å². The van der Waals surface area contributed by atoms with Gasteiger partial charge >= 0.3 is 0 Å². The summed E-state index contributed by atoms with van der Waals surface area (Å²) in [6.45, 7) is 7.56. The smallest absolute Gasteiger partial charge is 0.191 e. The number of nitrogens with one attached hydrogen (secondary N) is 2. The minimum Gasteiger partial charge on any atom is -0.493 e. The van der Waals surface area contributed by atoms with Crippen molar-refractivity contribution in [2.45, 2.75) is 19.4 Å². The van der Waals surface area contributed by atoms with E-state index in [9.17, 15) is 0 Å². The molecule has 1 aliphatic heterocycles. The SMILES string of the molecule is CN=C(NCCCCN1CCN(C)CC1)NCc1ccc(OC)c(OC)c1. The van der Waals surface area contributed by atoms with Gasteiger partial charge in [-0.2, -0.15) is 0 Å². The van der Waals surface area contributed by atoms with Crippen molar-refractivity contribution >= 4 is 5.96 Å². The Kier molecular flexibility index (Phi) is 9.21. The molecule has 1 aliphatic rings. The zero-order valence-electron chi connectivity index (χ0n) is 17.3. The van der Waals surface area contributed by atoms with Gasteiger partial charge in [-0.25, -0.2) is 0 Å². The summed E-state index contributed by atoms with van der Waals surface area (Å²) >= 11 is 0. The van der Waals surface area contributed by atoms with Crippen molar-refractivity contribution in [3.63, 3.8) is 0 Å². The lowest BCUT2D eigenvalue weighted by molar-refractivity contribution is 0.152. The maximum Gasteiger partial charge on any atom is 0.191 e. The summed E-state index contributed by atoms with van der Waals surface area (Å²) in [5.41, 5.74) is 1.12. The van der Waals surface area contributed by atoms with Crippen LogP contribution in [-0.2, 0) is 6.54 Å². The van der Waals surface area contributed by atoms with Crippen LogP contribution in [0.5, 0.6) is 11.5 Å². The van der Waals surface area contributed by atoms with E-state index in [1.165, 1.54) is 39.1 Å². The molecule has 27 heavy (non-hydrogen) atoms. The largest absolute Gasteiger partial charge is 0.493 e. The van der Waals surface area contributed by atoms with E-state index in [4.69, 9.17) is 9.47 Å². The summed E-state index contributed by atoms with van der Waals surface area (Å²) in [7, 11) is 7.29. The van der Waals surface area contributed by atoms with E-state index in [1.54, 1.807) is 21.3 Å². The van der Waals surface area contributed by atoms with E-state index >= 15 is 0 Å². The second-order valence-corrected chi connectivity index (χ2v) is 6.89. The number of benzene rings is 1. The molecule has 0 saturated carbocycles. The average molecular weight is 378 g/mol. The maximum atomic E-state index is 5.35. The molecule has 7 heteroatoms. The number of hydrogen-bond donors (Lipinski definition) is 2. The molecule has 0 aliphatic carbocycles. The lowest BCUT2D eigenvalue weighted by Crippen LogP contribution is -2.44. The van der Waals surface area contributed by atoms with Crippen LogP contribution in [0.15, 0.2) is 23.2 Å². The third kappa shape index (κ3) is 7.27. The topological polar surface area (TPSA) is 61.4 Å². The highest BCUT2D eigenvalue weighted by Crippen LogP contribution is 2.27. The number of rotatable bonds is 9.